The van der Waals surface area contributed by atoms with Gasteiger partial charge in [-0.1, -0.05) is 30.3 Å². The van der Waals surface area contributed by atoms with Gasteiger partial charge >= 0.3 is 0 Å². The van der Waals surface area contributed by atoms with E-state index in [1.165, 1.54) is 47.4 Å². The number of benzene rings is 1. The Morgan fingerprint density at radius 2 is 1.88 bits per heavy atom. The number of pyridine rings is 1. The fraction of sp³-hybridized carbons (Fsp3) is 0.167. The molecular weight excluding hydrogens is 345 g/mol. The second-order valence-electron chi connectivity index (χ2n) is 6.09. The highest BCUT2D eigenvalue weighted by Gasteiger charge is 2.76. The van der Waals surface area contributed by atoms with Gasteiger partial charge in [0.15, 0.2) is 5.82 Å². The number of anilines is 1. The van der Waals surface area contributed by atoms with E-state index in [2.05, 4.69) is 15.4 Å². The maximum atomic E-state index is 14.1. The van der Waals surface area contributed by atoms with Crippen molar-refractivity contribution in [1.29, 1.82) is 0 Å². The van der Waals surface area contributed by atoms with Crippen molar-refractivity contribution in [2.24, 2.45) is 0 Å². The van der Waals surface area contributed by atoms with E-state index in [1.54, 1.807) is 18.2 Å². The van der Waals surface area contributed by atoms with Gasteiger partial charge in [0.2, 0.25) is 11.9 Å². The molecule has 132 valence electrons. The second kappa shape index (κ2) is 5.69. The fourth-order valence-corrected chi connectivity index (χ4v) is 2.99. The summed E-state index contributed by atoms with van der Waals surface area (Å²) in [6, 6.07) is 12.1. The molecule has 3 aromatic rings. The highest BCUT2D eigenvalue weighted by molar-refractivity contribution is 6.02. The number of rotatable bonds is 4. The molecule has 8 heteroatoms. The Hall–Kier alpha value is -3.16. The van der Waals surface area contributed by atoms with E-state index in [0.717, 1.165) is 0 Å². The summed E-state index contributed by atoms with van der Waals surface area (Å²) in [5, 5.41) is 6.53. The third-order valence-electron chi connectivity index (χ3n) is 4.45. The molecule has 1 saturated carbocycles. The van der Waals surface area contributed by atoms with Gasteiger partial charge < -0.3 is 5.32 Å². The average molecular weight is 358 g/mol. The van der Waals surface area contributed by atoms with Crippen molar-refractivity contribution in [3.8, 4) is 5.69 Å². The monoisotopic (exact) mass is 358 g/mol. The summed E-state index contributed by atoms with van der Waals surface area (Å²) in [6.45, 7) is 0. The van der Waals surface area contributed by atoms with Crippen LogP contribution in [0.3, 0.4) is 0 Å². The number of carbonyl (C=O) groups is 1. The second-order valence-corrected chi connectivity index (χ2v) is 6.09. The lowest BCUT2D eigenvalue weighted by molar-refractivity contribution is -0.121. The van der Waals surface area contributed by atoms with Crippen LogP contribution in [-0.4, -0.2) is 26.6 Å². The summed E-state index contributed by atoms with van der Waals surface area (Å²) in [5.74, 6) is -4.51. The summed E-state index contributed by atoms with van der Waals surface area (Å²) < 4.78 is 42.7. The van der Waals surface area contributed by atoms with Gasteiger partial charge in [0.25, 0.3) is 5.92 Å². The largest absolute Gasteiger partial charge is 0.308 e. The number of amides is 1. The number of alkyl halides is 2. The molecule has 1 aliphatic carbocycles. The lowest BCUT2D eigenvalue weighted by Gasteiger charge is -2.15. The highest BCUT2D eigenvalue weighted by Crippen LogP contribution is 2.62. The maximum Gasteiger partial charge on any atom is 0.268 e. The Labute approximate surface area is 146 Å². The molecule has 1 unspecified atom stereocenters. The fourth-order valence-electron chi connectivity index (χ4n) is 2.99. The van der Waals surface area contributed by atoms with Crippen LogP contribution in [0.2, 0.25) is 0 Å². The number of carbonyl (C=O) groups excluding carboxylic acids is 1. The minimum Gasteiger partial charge on any atom is -0.308 e. The molecule has 0 spiro atoms. The smallest absolute Gasteiger partial charge is 0.268 e. The molecule has 0 bridgehead atoms. The zero-order valence-electron chi connectivity index (χ0n) is 13.4. The molecule has 1 aliphatic rings. The Balaban J connectivity index is 1.59. The third kappa shape index (κ3) is 2.54. The van der Waals surface area contributed by atoms with Crippen molar-refractivity contribution in [1.82, 2.24) is 14.8 Å². The standard InChI is InChI=1S/C18H13F3N4O/c19-14-10-13(6-8-22-14)25-9-7-15(24-25)23-16(26)17(11-18(17,20)21)12-4-2-1-3-5-12/h1-10H,11H2,(H,23,24,26). The maximum absolute atomic E-state index is 14.1. The summed E-state index contributed by atoms with van der Waals surface area (Å²) in [4.78, 5) is 16.1. The first-order chi connectivity index (χ1) is 12.4. The lowest BCUT2D eigenvalue weighted by Crippen LogP contribution is -2.33. The van der Waals surface area contributed by atoms with Crippen molar-refractivity contribution in [2.75, 3.05) is 5.32 Å². The Bertz CT molecular complexity index is 973. The zero-order chi connectivity index (χ0) is 18.4. The van der Waals surface area contributed by atoms with Crippen molar-refractivity contribution >= 4 is 11.7 Å². The molecule has 2 heterocycles. The number of halogens is 3. The van der Waals surface area contributed by atoms with Crippen LogP contribution in [0.1, 0.15) is 12.0 Å². The van der Waals surface area contributed by atoms with Crippen LogP contribution < -0.4 is 5.32 Å². The van der Waals surface area contributed by atoms with Crippen molar-refractivity contribution in [3.05, 3.63) is 72.4 Å². The molecule has 1 amide bonds. The van der Waals surface area contributed by atoms with E-state index in [-0.39, 0.29) is 11.4 Å². The molecular formula is C18H13F3N4O. The average Bonchev–Trinajstić information content (AvgIpc) is 2.98. The molecule has 1 fully saturated rings. The molecule has 1 atom stereocenters. The van der Waals surface area contributed by atoms with Crippen LogP contribution in [-0.2, 0) is 10.2 Å². The van der Waals surface area contributed by atoms with Gasteiger partial charge in [-0.15, -0.1) is 0 Å². The van der Waals surface area contributed by atoms with Gasteiger partial charge in [-0.3, -0.25) is 4.79 Å². The molecule has 2 aromatic heterocycles. The van der Waals surface area contributed by atoms with Crippen LogP contribution >= 0.6 is 0 Å². The van der Waals surface area contributed by atoms with E-state index in [1.807, 2.05) is 0 Å². The van der Waals surface area contributed by atoms with Crippen molar-refractivity contribution < 1.29 is 18.0 Å². The Morgan fingerprint density at radius 1 is 1.15 bits per heavy atom. The summed E-state index contributed by atoms with van der Waals surface area (Å²) in [5.41, 5.74) is -1.23. The van der Waals surface area contributed by atoms with Gasteiger partial charge in [-0.05, 0) is 11.6 Å². The van der Waals surface area contributed by atoms with Gasteiger partial charge in [0.05, 0.1) is 5.69 Å². The van der Waals surface area contributed by atoms with Crippen LogP contribution in [0, 0.1) is 5.95 Å². The van der Waals surface area contributed by atoms with E-state index in [4.69, 9.17) is 0 Å². The van der Waals surface area contributed by atoms with Crippen LogP contribution in [0.5, 0.6) is 0 Å². The first-order valence-corrected chi connectivity index (χ1v) is 7.85. The molecule has 5 nitrogen and oxygen atoms in total. The summed E-state index contributed by atoms with van der Waals surface area (Å²) >= 11 is 0. The molecule has 1 aromatic carbocycles. The van der Waals surface area contributed by atoms with Gasteiger partial charge in [-0.25, -0.2) is 18.4 Å². The predicted molar refractivity (Wildman–Crippen MR) is 87.6 cm³/mol. The number of hydrogen-bond donors (Lipinski definition) is 1. The number of nitrogens with one attached hydrogen (secondary N) is 1. The van der Waals surface area contributed by atoms with Gasteiger partial charge in [0.1, 0.15) is 5.41 Å². The minimum absolute atomic E-state index is 0.102. The SMILES string of the molecule is O=C(Nc1ccn(-c2ccnc(F)c2)n1)C1(c2ccccc2)CC1(F)F. The van der Waals surface area contributed by atoms with Crippen LogP contribution in [0.15, 0.2) is 60.9 Å². The number of aromatic nitrogens is 3. The highest BCUT2D eigenvalue weighted by atomic mass is 19.3. The zero-order valence-corrected chi connectivity index (χ0v) is 13.4. The predicted octanol–water partition coefficient (Wildman–Crippen LogP) is 3.32. The Kier molecular flexibility index (Phi) is 3.57. The molecule has 0 saturated heterocycles. The van der Waals surface area contributed by atoms with E-state index in [0.29, 0.717) is 5.69 Å². The normalized spacial score (nSPS) is 20.6. The van der Waals surface area contributed by atoms with Crippen molar-refractivity contribution in [3.63, 3.8) is 0 Å². The molecule has 4 rings (SSSR count). The number of hydrogen-bond acceptors (Lipinski definition) is 3. The van der Waals surface area contributed by atoms with Gasteiger partial charge in [-0.2, -0.15) is 9.49 Å². The number of nitrogens with zero attached hydrogens (tertiary/aromatic N) is 3. The van der Waals surface area contributed by atoms with E-state index >= 15 is 0 Å². The Morgan fingerprint density at radius 3 is 2.54 bits per heavy atom. The molecule has 0 aliphatic heterocycles. The first-order valence-electron chi connectivity index (χ1n) is 7.85. The van der Waals surface area contributed by atoms with Crippen LogP contribution in [0.25, 0.3) is 5.69 Å². The minimum atomic E-state index is -3.12. The molecule has 26 heavy (non-hydrogen) atoms. The van der Waals surface area contributed by atoms with Crippen LogP contribution in [0.4, 0.5) is 19.0 Å². The quantitative estimate of drug-likeness (QED) is 0.728. The first kappa shape index (κ1) is 16.3. The van der Waals surface area contributed by atoms with E-state index in [9.17, 15) is 18.0 Å². The summed E-state index contributed by atoms with van der Waals surface area (Å²) in [6.07, 6.45) is 2.22. The van der Waals surface area contributed by atoms with E-state index < -0.39 is 29.6 Å². The lowest BCUT2D eigenvalue weighted by atomic mass is 9.94. The topological polar surface area (TPSA) is 59.8 Å². The van der Waals surface area contributed by atoms with Gasteiger partial charge in [0, 0.05) is 30.9 Å². The molecule has 0 radical (unpaired) electrons. The third-order valence-corrected chi connectivity index (χ3v) is 4.45. The summed E-state index contributed by atoms with van der Waals surface area (Å²) in [7, 11) is 0. The molecule has 1 N–H and O–H groups in total. The van der Waals surface area contributed by atoms with Crippen molar-refractivity contribution in [2.45, 2.75) is 17.8 Å².